The molecule has 0 N–H and O–H groups in total. The molecule has 0 aliphatic rings. The number of nitrogens with zero attached hydrogens (tertiary/aromatic N) is 1. The van der Waals surface area contributed by atoms with Crippen LogP contribution in [0.25, 0.3) is 11.1 Å². The van der Waals surface area contributed by atoms with Crippen molar-refractivity contribution in [2.75, 3.05) is 0 Å². The first-order valence-electron chi connectivity index (χ1n) is 8.90. The smallest absolute Gasteiger partial charge is 0.0769 e. The molecule has 0 bridgehead atoms. The second-order valence-corrected chi connectivity index (χ2v) is 7.24. The van der Waals surface area contributed by atoms with E-state index in [0.717, 1.165) is 16.1 Å². The van der Waals surface area contributed by atoms with E-state index in [2.05, 4.69) is 91.0 Å². The summed E-state index contributed by atoms with van der Waals surface area (Å²) in [6.07, 6.45) is 1.93. The van der Waals surface area contributed by atoms with Crippen LogP contribution >= 0.6 is 11.8 Å². The van der Waals surface area contributed by atoms with Crippen molar-refractivity contribution in [3.63, 3.8) is 0 Å². The minimum Gasteiger partial charge on any atom is -0.255 e. The number of hydrogen-bond donors (Lipinski definition) is 0. The summed E-state index contributed by atoms with van der Waals surface area (Å²) < 4.78 is 0. The molecule has 0 aromatic heterocycles. The van der Waals surface area contributed by atoms with Crippen LogP contribution < -0.4 is 0 Å². The molecule has 0 aliphatic carbocycles. The minimum atomic E-state index is 0.985. The Morgan fingerprint density at radius 1 is 0.556 bits per heavy atom. The lowest BCUT2D eigenvalue weighted by atomic mass is 10.0. The third-order valence-corrected chi connectivity index (χ3v) is 5.28. The standard InChI is InChI=1S/C25H19NS/c1-3-9-21(10-4-1)22-17-15-20(16-18-22)19-26-24-13-7-8-14-25(24)27-23-11-5-2-6-12-23/h1-19H. The normalized spacial score (nSPS) is 11.0. The van der Waals surface area contributed by atoms with Gasteiger partial charge in [-0.15, -0.1) is 0 Å². The van der Waals surface area contributed by atoms with Crippen molar-refractivity contribution < 1.29 is 0 Å². The highest BCUT2D eigenvalue weighted by atomic mass is 32.2. The highest BCUT2D eigenvalue weighted by Gasteiger charge is 2.02. The number of hydrogen-bond acceptors (Lipinski definition) is 2. The third kappa shape index (κ3) is 4.55. The van der Waals surface area contributed by atoms with Crippen LogP contribution in [0.5, 0.6) is 0 Å². The highest BCUT2D eigenvalue weighted by Crippen LogP contribution is 2.34. The zero-order valence-electron chi connectivity index (χ0n) is 14.8. The van der Waals surface area contributed by atoms with E-state index in [0.29, 0.717) is 0 Å². The topological polar surface area (TPSA) is 12.4 Å². The average Bonchev–Trinajstić information content (AvgIpc) is 2.75. The zero-order chi connectivity index (χ0) is 18.3. The van der Waals surface area contributed by atoms with Crippen LogP contribution in [-0.4, -0.2) is 6.21 Å². The Hall–Kier alpha value is -3.10. The molecule has 0 saturated carbocycles. The monoisotopic (exact) mass is 365 g/mol. The van der Waals surface area contributed by atoms with Crippen LogP contribution in [-0.2, 0) is 0 Å². The summed E-state index contributed by atoms with van der Waals surface area (Å²) in [4.78, 5) is 7.10. The fourth-order valence-electron chi connectivity index (χ4n) is 2.80. The second kappa shape index (κ2) is 8.52. The molecule has 0 amide bonds. The van der Waals surface area contributed by atoms with Gasteiger partial charge >= 0.3 is 0 Å². The van der Waals surface area contributed by atoms with E-state index in [1.54, 1.807) is 11.8 Å². The van der Waals surface area contributed by atoms with Gasteiger partial charge in [-0.05, 0) is 41.0 Å². The molecule has 4 rings (SSSR count). The maximum atomic E-state index is 4.73. The molecule has 4 aromatic carbocycles. The summed E-state index contributed by atoms with van der Waals surface area (Å²) in [6, 6.07) is 37.6. The van der Waals surface area contributed by atoms with Crippen LogP contribution in [0.1, 0.15) is 5.56 Å². The zero-order valence-corrected chi connectivity index (χ0v) is 15.6. The van der Waals surface area contributed by atoms with Crippen molar-refractivity contribution in [3.05, 3.63) is 115 Å². The summed E-state index contributed by atoms with van der Waals surface area (Å²) >= 11 is 1.74. The molecule has 0 radical (unpaired) electrons. The van der Waals surface area contributed by atoms with Crippen LogP contribution in [0.3, 0.4) is 0 Å². The number of para-hydroxylation sites is 1. The summed E-state index contributed by atoms with van der Waals surface area (Å²) in [7, 11) is 0. The average molecular weight is 366 g/mol. The summed E-state index contributed by atoms with van der Waals surface area (Å²) in [5.41, 5.74) is 4.52. The van der Waals surface area contributed by atoms with Gasteiger partial charge in [0.2, 0.25) is 0 Å². The van der Waals surface area contributed by atoms with Crippen LogP contribution in [0.4, 0.5) is 5.69 Å². The van der Waals surface area contributed by atoms with E-state index in [4.69, 9.17) is 4.99 Å². The first-order valence-corrected chi connectivity index (χ1v) is 9.72. The molecule has 0 fully saturated rings. The van der Waals surface area contributed by atoms with E-state index in [-0.39, 0.29) is 0 Å². The van der Waals surface area contributed by atoms with E-state index < -0.39 is 0 Å². The van der Waals surface area contributed by atoms with Crippen LogP contribution in [0.15, 0.2) is 124 Å². The lowest BCUT2D eigenvalue weighted by Gasteiger charge is -2.05. The van der Waals surface area contributed by atoms with E-state index in [1.807, 2.05) is 24.4 Å². The molecule has 0 unspecified atom stereocenters. The van der Waals surface area contributed by atoms with Crippen molar-refractivity contribution in [1.82, 2.24) is 0 Å². The number of benzene rings is 4. The number of rotatable bonds is 5. The highest BCUT2D eigenvalue weighted by molar-refractivity contribution is 7.99. The molecular formula is C25H19NS. The fourth-order valence-corrected chi connectivity index (χ4v) is 3.72. The Morgan fingerprint density at radius 2 is 1.15 bits per heavy atom. The van der Waals surface area contributed by atoms with Crippen molar-refractivity contribution in [1.29, 1.82) is 0 Å². The molecule has 4 aromatic rings. The lowest BCUT2D eigenvalue weighted by Crippen LogP contribution is -1.83. The Kier molecular flexibility index (Phi) is 5.47. The maximum Gasteiger partial charge on any atom is 0.0769 e. The summed E-state index contributed by atoms with van der Waals surface area (Å²) in [5, 5.41) is 0. The Balaban J connectivity index is 1.53. The molecule has 0 heterocycles. The minimum absolute atomic E-state index is 0.985. The molecule has 2 heteroatoms. The molecule has 0 atom stereocenters. The predicted molar refractivity (Wildman–Crippen MR) is 116 cm³/mol. The maximum absolute atomic E-state index is 4.73. The summed E-state index contributed by atoms with van der Waals surface area (Å²) in [5.74, 6) is 0. The molecule has 0 aliphatic heterocycles. The Labute approximate surface area is 164 Å². The third-order valence-electron chi connectivity index (χ3n) is 4.21. The SMILES string of the molecule is C(=Nc1ccccc1Sc1ccccc1)c1ccc(-c2ccccc2)cc1. The largest absolute Gasteiger partial charge is 0.255 e. The van der Waals surface area contributed by atoms with Gasteiger partial charge in [0.05, 0.1) is 5.69 Å². The van der Waals surface area contributed by atoms with E-state index >= 15 is 0 Å². The first-order chi connectivity index (χ1) is 13.4. The van der Waals surface area contributed by atoms with Crippen molar-refractivity contribution in [2.24, 2.45) is 4.99 Å². The second-order valence-electron chi connectivity index (χ2n) is 6.13. The molecular weight excluding hydrogens is 346 g/mol. The first kappa shape index (κ1) is 17.3. The van der Waals surface area contributed by atoms with Gasteiger partial charge in [0.15, 0.2) is 0 Å². The van der Waals surface area contributed by atoms with Gasteiger partial charge in [-0.3, -0.25) is 4.99 Å². The molecule has 0 saturated heterocycles. The molecule has 1 nitrogen and oxygen atoms in total. The van der Waals surface area contributed by atoms with Gasteiger partial charge < -0.3 is 0 Å². The van der Waals surface area contributed by atoms with Gasteiger partial charge in [0.25, 0.3) is 0 Å². The number of aliphatic imine (C=N–C) groups is 1. The molecule has 130 valence electrons. The molecule has 0 spiro atoms. The van der Waals surface area contributed by atoms with Crippen molar-refractivity contribution in [2.45, 2.75) is 9.79 Å². The van der Waals surface area contributed by atoms with Crippen molar-refractivity contribution >= 4 is 23.7 Å². The lowest BCUT2D eigenvalue weighted by molar-refractivity contribution is 1.36. The van der Waals surface area contributed by atoms with Gasteiger partial charge in [-0.25, -0.2) is 0 Å². The fraction of sp³-hybridized carbons (Fsp3) is 0. The van der Waals surface area contributed by atoms with Gasteiger partial charge in [0.1, 0.15) is 0 Å². The van der Waals surface area contributed by atoms with Gasteiger partial charge in [0, 0.05) is 16.0 Å². The molecule has 27 heavy (non-hydrogen) atoms. The Bertz CT molecular complexity index is 1020. The van der Waals surface area contributed by atoms with Crippen LogP contribution in [0, 0.1) is 0 Å². The van der Waals surface area contributed by atoms with Crippen molar-refractivity contribution in [3.8, 4) is 11.1 Å². The Morgan fingerprint density at radius 3 is 1.89 bits per heavy atom. The van der Waals surface area contributed by atoms with E-state index in [9.17, 15) is 0 Å². The van der Waals surface area contributed by atoms with Gasteiger partial charge in [-0.1, -0.05) is 96.7 Å². The van der Waals surface area contributed by atoms with E-state index in [1.165, 1.54) is 16.0 Å². The van der Waals surface area contributed by atoms with Gasteiger partial charge in [-0.2, -0.15) is 0 Å². The predicted octanol–water partition coefficient (Wildman–Crippen LogP) is 7.26. The quantitative estimate of drug-likeness (QED) is 0.339. The summed E-state index contributed by atoms with van der Waals surface area (Å²) in [6.45, 7) is 0. The van der Waals surface area contributed by atoms with Crippen LogP contribution in [0.2, 0.25) is 0 Å².